The molecule has 1 unspecified atom stereocenters. The fourth-order valence-electron chi connectivity index (χ4n) is 5.21. The molecule has 0 bridgehead atoms. The lowest BCUT2D eigenvalue weighted by molar-refractivity contribution is -0.181. The van der Waals surface area contributed by atoms with Crippen molar-refractivity contribution in [3.8, 4) is 0 Å². The smallest absolute Gasteiger partial charge is 0.242 e. The first-order valence-electron chi connectivity index (χ1n) is 11.1. The third-order valence-electron chi connectivity index (χ3n) is 6.89. The molecule has 1 spiro atoms. The van der Waals surface area contributed by atoms with Gasteiger partial charge in [0.1, 0.15) is 6.54 Å². The Bertz CT molecular complexity index is 915. The van der Waals surface area contributed by atoms with Crippen LogP contribution in [0.15, 0.2) is 36.5 Å². The molecule has 2 aromatic rings. The predicted octanol–water partition coefficient (Wildman–Crippen LogP) is 3.70. The van der Waals surface area contributed by atoms with Gasteiger partial charge in [0.25, 0.3) is 0 Å². The molecule has 2 aliphatic rings. The summed E-state index contributed by atoms with van der Waals surface area (Å²) in [7, 11) is 1.81. The van der Waals surface area contributed by atoms with Crippen molar-refractivity contribution in [3.63, 3.8) is 0 Å². The van der Waals surface area contributed by atoms with Crippen LogP contribution in [0.4, 0.5) is 0 Å². The molecule has 0 N–H and O–H groups in total. The molecule has 2 amide bonds. The van der Waals surface area contributed by atoms with Crippen molar-refractivity contribution < 1.29 is 9.59 Å². The lowest BCUT2D eigenvalue weighted by Gasteiger charge is -2.58. The Morgan fingerprint density at radius 1 is 1.20 bits per heavy atom. The fourth-order valence-corrected chi connectivity index (χ4v) is 5.21. The molecule has 6 heteroatoms. The van der Waals surface area contributed by atoms with Crippen molar-refractivity contribution in [1.82, 2.24) is 19.6 Å². The number of nitrogens with zero attached hydrogens (tertiary/aromatic N) is 4. The molecule has 1 aromatic heterocycles. The zero-order chi connectivity index (χ0) is 21.3. The Balaban J connectivity index is 1.50. The second-order valence-corrected chi connectivity index (χ2v) is 8.81. The van der Waals surface area contributed by atoms with E-state index in [4.69, 9.17) is 0 Å². The number of carbonyl (C=O) groups excluding carboxylic acids is 2. The minimum atomic E-state index is -0.308. The normalized spacial score (nSPS) is 20.3. The summed E-state index contributed by atoms with van der Waals surface area (Å²) in [5.41, 5.74) is 2.83. The highest BCUT2D eigenvalue weighted by Crippen LogP contribution is 2.57. The molecule has 4 rings (SSSR count). The van der Waals surface area contributed by atoms with Crippen molar-refractivity contribution in [2.75, 3.05) is 13.6 Å². The first-order chi connectivity index (χ1) is 14.5. The van der Waals surface area contributed by atoms with Gasteiger partial charge in [-0.2, -0.15) is 5.10 Å². The van der Waals surface area contributed by atoms with E-state index in [1.165, 1.54) is 6.42 Å². The molecular formula is C24H32N4O2. The third-order valence-corrected chi connectivity index (χ3v) is 6.89. The highest BCUT2D eigenvalue weighted by atomic mass is 16.2. The largest absolute Gasteiger partial charge is 0.340 e. The summed E-state index contributed by atoms with van der Waals surface area (Å²) in [4.78, 5) is 29.8. The molecule has 1 aliphatic heterocycles. The molecule has 1 aromatic carbocycles. The summed E-state index contributed by atoms with van der Waals surface area (Å²) >= 11 is 0. The number of likely N-dealkylation sites (N-methyl/N-ethyl adjacent to an activating group) is 1. The van der Waals surface area contributed by atoms with Gasteiger partial charge in [-0.25, -0.2) is 0 Å². The fraction of sp³-hybridized carbons (Fsp3) is 0.542. The summed E-state index contributed by atoms with van der Waals surface area (Å²) in [6.45, 7) is 5.47. The Morgan fingerprint density at radius 3 is 2.53 bits per heavy atom. The lowest BCUT2D eigenvalue weighted by Crippen LogP contribution is -2.65. The number of amides is 2. The first-order valence-corrected chi connectivity index (χ1v) is 11.1. The number of hydrogen-bond acceptors (Lipinski definition) is 3. The van der Waals surface area contributed by atoms with Crippen molar-refractivity contribution in [2.45, 2.75) is 65.1 Å². The van der Waals surface area contributed by atoms with E-state index in [1.54, 1.807) is 4.90 Å². The maximum absolute atomic E-state index is 13.3. The monoisotopic (exact) mass is 408 g/mol. The molecule has 1 saturated heterocycles. The number of aromatic nitrogens is 2. The van der Waals surface area contributed by atoms with Crippen LogP contribution < -0.4 is 0 Å². The summed E-state index contributed by atoms with van der Waals surface area (Å²) in [5, 5.41) is 4.46. The summed E-state index contributed by atoms with van der Waals surface area (Å²) < 4.78 is 1.89. The minimum absolute atomic E-state index is 0.00780. The first kappa shape index (κ1) is 20.6. The van der Waals surface area contributed by atoms with Gasteiger partial charge in [0, 0.05) is 31.9 Å². The summed E-state index contributed by atoms with van der Waals surface area (Å²) in [6.07, 6.45) is 7.25. The topological polar surface area (TPSA) is 58.4 Å². The Kier molecular flexibility index (Phi) is 5.67. The number of aryl methyl sites for hydroxylation is 2. The third kappa shape index (κ3) is 3.53. The van der Waals surface area contributed by atoms with Crippen LogP contribution in [0.3, 0.4) is 0 Å². The predicted molar refractivity (Wildman–Crippen MR) is 116 cm³/mol. The van der Waals surface area contributed by atoms with Crippen LogP contribution >= 0.6 is 0 Å². The number of β-lactam (4-membered cyclic amide) rings is 1. The number of likely N-dealkylation sites (tertiary alicyclic amines) is 1. The maximum Gasteiger partial charge on any atom is 0.242 e. The standard InChI is InChI=1S/C24H32N4O2/c1-4-27-16-20(18(2)25-27)15-26(3)21(29)17-28-22(19-11-7-5-8-12-19)24(23(28)30)13-9-6-10-14-24/h5,7-8,11-12,16,22H,4,6,9-10,13-15,17H2,1-3H3. The SMILES string of the molecule is CCn1cc(CN(C)C(=O)CN2C(=O)C3(CCCCC3)C2c2ccccc2)c(C)n1. The van der Waals surface area contributed by atoms with Gasteiger partial charge in [-0.05, 0) is 32.3 Å². The minimum Gasteiger partial charge on any atom is -0.340 e. The van der Waals surface area contributed by atoms with Crippen LogP contribution in [-0.2, 0) is 22.7 Å². The van der Waals surface area contributed by atoms with Crippen LogP contribution in [0.5, 0.6) is 0 Å². The quantitative estimate of drug-likeness (QED) is 0.685. The van der Waals surface area contributed by atoms with E-state index in [0.717, 1.165) is 49.0 Å². The van der Waals surface area contributed by atoms with Crippen LogP contribution in [0.25, 0.3) is 0 Å². The maximum atomic E-state index is 13.3. The highest BCUT2D eigenvalue weighted by molar-refractivity contribution is 5.94. The molecule has 1 atom stereocenters. The van der Waals surface area contributed by atoms with Gasteiger partial charge in [0.2, 0.25) is 11.8 Å². The molecule has 0 radical (unpaired) electrons. The molecule has 1 aliphatic carbocycles. The van der Waals surface area contributed by atoms with Gasteiger partial charge >= 0.3 is 0 Å². The molecular weight excluding hydrogens is 376 g/mol. The summed E-state index contributed by atoms with van der Waals surface area (Å²) in [5.74, 6) is 0.131. The van der Waals surface area contributed by atoms with E-state index in [0.29, 0.717) is 6.54 Å². The molecule has 2 fully saturated rings. The molecule has 1 saturated carbocycles. The van der Waals surface area contributed by atoms with E-state index >= 15 is 0 Å². The molecule has 30 heavy (non-hydrogen) atoms. The Labute approximate surface area is 178 Å². The number of carbonyl (C=O) groups is 2. The van der Waals surface area contributed by atoms with Gasteiger partial charge in [-0.3, -0.25) is 14.3 Å². The lowest BCUT2D eigenvalue weighted by atomic mass is 9.60. The van der Waals surface area contributed by atoms with E-state index in [1.807, 2.05) is 54.9 Å². The average molecular weight is 409 g/mol. The van der Waals surface area contributed by atoms with E-state index < -0.39 is 0 Å². The molecule has 2 heterocycles. The van der Waals surface area contributed by atoms with E-state index in [2.05, 4.69) is 17.2 Å². The molecule has 6 nitrogen and oxygen atoms in total. The van der Waals surface area contributed by atoms with Gasteiger partial charge < -0.3 is 9.80 Å². The number of benzene rings is 1. The van der Waals surface area contributed by atoms with Gasteiger partial charge in [0.05, 0.1) is 17.2 Å². The zero-order valence-electron chi connectivity index (χ0n) is 18.3. The second-order valence-electron chi connectivity index (χ2n) is 8.81. The zero-order valence-corrected chi connectivity index (χ0v) is 18.3. The number of rotatable bonds is 6. The van der Waals surface area contributed by atoms with Gasteiger partial charge in [-0.1, -0.05) is 49.6 Å². The van der Waals surface area contributed by atoms with Crippen molar-refractivity contribution in [1.29, 1.82) is 0 Å². The van der Waals surface area contributed by atoms with Crippen LogP contribution in [0.1, 0.15) is 61.9 Å². The number of hydrogen-bond donors (Lipinski definition) is 0. The Morgan fingerprint density at radius 2 is 1.90 bits per heavy atom. The van der Waals surface area contributed by atoms with Gasteiger partial charge in [-0.15, -0.1) is 0 Å². The Hall–Kier alpha value is -2.63. The van der Waals surface area contributed by atoms with Crippen LogP contribution in [-0.4, -0.2) is 45.0 Å². The van der Waals surface area contributed by atoms with E-state index in [9.17, 15) is 9.59 Å². The second kappa shape index (κ2) is 8.25. The van der Waals surface area contributed by atoms with E-state index in [-0.39, 0.29) is 29.8 Å². The van der Waals surface area contributed by atoms with Gasteiger partial charge in [0.15, 0.2) is 0 Å². The van der Waals surface area contributed by atoms with Crippen molar-refractivity contribution in [3.05, 3.63) is 53.3 Å². The van der Waals surface area contributed by atoms with Crippen molar-refractivity contribution in [2.24, 2.45) is 5.41 Å². The molecule has 160 valence electrons. The van der Waals surface area contributed by atoms with Crippen LogP contribution in [0.2, 0.25) is 0 Å². The average Bonchev–Trinajstić information content (AvgIpc) is 3.13. The summed E-state index contributed by atoms with van der Waals surface area (Å²) in [6, 6.07) is 10.2. The van der Waals surface area contributed by atoms with Crippen LogP contribution in [0, 0.1) is 12.3 Å². The highest BCUT2D eigenvalue weighted by Gasteiger charge is 2.60. The van der Waals surface area contributed by atoms with Crippen molar-refractivity contribution >= 4 is 11.8 Å².